The van der Waals surface area contributed by atoms with Gasteiger partial charge in [0.2, 0.25) is 5.69 Å². The van der Waals surface area contributed by atoms with E-state index in [0.29, 0.717) is 12.8 Å². The molecule has 0 saturated heterocycles. The number of carbonyl (C=O) groups is 2. The van der Waals surface area contributed by atoms with Gasteiger partial charge in [-0.1, -0.05) is 80.4 Å². The molecule has 0 N–H and O–H groups in total. The van der Waals surface area contributed by atoms with E-state index in [-0.39, 0.29) is 22.8 Å². The molecule has 272 valence electrons. The first-order valence-corrected chi connectivity index (χ1v) is 19.1. The molecule has 0 fully saturated rings. The molecule has 0 spiro atoms. The highest BCUT2D eigenvalue weighted by Gasteiger charge is 2.44. The van der Waals surface area contributed by atoms with Crippen molar-refractivity contribution in [2.75, 3.05) is 32.2 Å². The van der Waals surface area contributed by atoms with Crippen LogP contribution in [0.1, 0.15) is 109 Å². The number of fused-ring (bicyclic) bond motifs is 2. The molecular weight excluding hydrogens is 656 g/mol. The Balaban J connectivity index is 1.38. The molecule has 6 nitrogen and oxygen atoms in total. The van der Waals surface area contributed by atoms with E-state index in [1.54, 1.807) is 0 Å². The van der Waals surface area contributed by atoms with Crippen molar-refractivity contribution < 1.29 is 23.6 Å². The molecule has 0 saturated carbocycles. The van der Waals surface area contributed by atoms with E-state index in [1.165, 1.54) is 59.3 Å². The molecule has 0 radical (unpaired) electrons. The third-order valence-corrected chi connectivity index (χ3v) is 11.4. The highest BCUT2D eigenvalue weighted by molar-refractivity contribution is 6.32. The molecule has 2 aliphatic heterocycles. The van der Waals surface area contributed by atoms with E-state index in [0.717, 1.165) is 75.9 Å². The first-order chi connectivity index (χ1) is 24.5. The van der Waals surface area contributed by atoms with Gasteiger partial charge in [-0.3, -0.25) is 9.59 Å². The minimum absolute atomic E-state index is 0.140. The number of unbranched alkanes of at least 4 members (excludes halogenated alkanes) is 4. The Morgan fingerprint density at radius 3 is 2.14 bits per heavy atom. The van der Waals surface area contributed by atoms with E-state index >= 15 is 0 Å². The van der Waals surface area contributed by atoms with Crippen molar-refractivity contribution in [3.63, 3.8) is 0 Å². The number of rotatable bonds is 15. The van der Waals surface area contributed by atoms with E-state index < -0.39 is 0 Å². The number of halogens is 1. The summed E-state index contributed by atoms with van der Waals surface area (Å²) in [6.45, 7) is 11.0. The van der Waals surface area contributed by atoms with Crippen LogP contribution >= 0.6 is 11.6 Å². The maximum absolute atomic E-state index is 11.6. The number of esters is 2. The zero-order valence-electron chi connectivity index (χ0n) is 31.5. The van der Waals surface area contributed by atoms with Crippen molar-refractivity contribution >= 4 is 40.6 Å². The summed E-state index contributed by atoms with van der Waals surface area (Å²) in [6, 6.07) is 17.4. The quantitative estimate of drug-likeness (QED) is 0.105. The summed E-state index contributed by atoms with van der Waals surface area (Å²) >= 11 is 7.24. The highest BCUT2D eigenvalue weighted by atomic mass is 35.5. The van der Waals surface area contributed by atoms with E-state index in [9.17, 15) is 9.59 Å². The lowest BCUT2D eigenvalue weighted by molar-refractivity contribution is -0.438. The van der Waals surface area contributed by atoms with Crippen LogP contribution in [0.3, 0.4) is 0 Å². The summed E-state index contributed by atoms with van der Waals surface area (Å²) in [6.07, 6.45) is 18.6. The van der Waals surface area contributed by atoms with Crippen molar-refractivity contribution in [2.45, 2.75) is 109 Å². The van der Waals surface area contributed by atoms with Crippen LogP contribution in [0.2, 0.25) is 0 Å². The van der Waals surface area contributed by atoms with Crippen molar-refractivity contribution in [1.29, 1.82) is 0 Å². The molecule has 0 atom stereocenters. The number of anilines is 1. The van der Waals surface area contributed by atoms with Gasteiger partial charge in [-0.15, -0.1) is 0 Å². The molecule has 2 aromatic carbocycles. The Kier molecular flexibility index (Phi) is 12.8. The molecule has 0 amide bonds. The molecule has 0 aromatic heterocycles. The van der Waals surface area contributed by atoms with Crippen LogP contribution in [0.4, 0.5) is 11.4 Å². The van der Waals surface area contributed by atoms with Gasteiger partial charge in [0.1, 0.15) is 6.54 Å². The summed E-state index contributed by atoms with van der Waals surface area (Å²) in [7, 11) is 2.90. The molecular formula is C44H56ClN2O4+. The lowest BCUT2D eigenvalue weighted by atomic mass is 9.81. The van der Waals surface area contributed by atoms with Gasteiger partial charge in [-0.25, -0.2) is 0 Å². The Hall–Kier alpha value is -3.90. The van der Waals surface area contributed by atoms with Crippen LogP contribution < -0.4 is 4.90 Å². The lowest BCUT2D eigenvalue weighted by Gasteiger charge is -2.27. The van der Waals surface area contributed by atoms with Crippen molar-refractivity contribution in [2.24, 2.45) is 0 Å². The van der Waals surface area contributed by atoms with Crippen LogP contribution in [0.25, 0.3) is 0 Å². The van der Waals surface area contributed by atoms with E-state index in [4.69, 9.17) is 21.1 Å². The van der Waals surface area contributed by atoms with Gasteiger partial charge >= 0.3 is 11.9 Å². The predicted octanol–water partition coefficient (Wildman–Crippen LogP) is 10.4. The van der Waals surface area contributed by atoms with Gasteiger partial charge in [0, 0.05) is 65.3 Å². The number of ether oxygens (including phenoxy) is 2. The number of para-hydroxylation sites is 2. The fourth-order valence-corrected chi connectivity index (χ4v) is 8.28. The number of benzene rings is 2. The summed E-state index contributed by atoms with van der Waals surface area (Å²) < 4.78 is 12.1. The first kappa shape index (κ1) is 38.3. The Labute approximate surface area is 310 Å². The fraction of sp³-hybridized carbons (Fsp3) is 0.477. The maximum atomic E-state index is 11.6. The van der Waals surface area contributed by atoms with Crippen LogP contribution in [0, 0.1) is 0 Å². The van der Waals surface area contributed by atoms with Gasteiger partial charge in [-0.2, -0.15) is 4.58 Å². The topological polar surface area (TPSA) is 58.8 Å². The fourth-order valence-electron chi connectivity index (χ4n) is 7.97. The summed E-state index contributed by atoms with van der Waals surface area (Å²) in [5.74, 6) is -0.280. The Morgan fingerprint density at radius 1 is 0.784 bits per heavy atom. The standard InChI is InChI=1S/C44H56ClN2O4/c1-43(2)34-20-11-13-22-36(34)46(30-15-7-9-24-40(48)50-5)38(43)28-26-32-18-17-19-33(42(32)45)27-29-39-44(3,4)35-21-12-14-23-37(35)47(39)31-16-8-10-25-41(49)51-6/h11-14,20-23,26-29H,7-10,15-19,24-25,30-31H2,1-6H3/q+1. The average Bonchev–Trinajstić information content (AvgIpc) is 3.48. The van der Waals surface area contributed by atoms with Crippen LogP contribution in [-0.4, -0.2) is 49.5 Å². The predicted molar refractivity (Wildman–Crippen MR) is 209 cm³/mol. The van der Waals surface area contributed by atoms with Crippen molar-refractivity contribution in [1.82, 2.24) is 0 Å². The number of methoxy groups -OCH3 is 2. The third-order valence-electron chi connectivity index (χ3n) is 10.9. The molecule has 0 unspecified atom stereocenters. The molecule has 2 aromatic rings. The molecule has 1 aliphatic carbocycles. The number of allylic oxidation sites excluding steroid dienone is 8. The normalized spacial score (nSPS) is 19.3. The van der Waals surface area contributed by atoms with Crippen LogP contribution in [0.15, 0.2) is 94.7 Å². The molecule has 7 heteroatoms. The lowest BCUT2D eigenvalue weighted by Crippen LogP contribution is -2.28. The third kappa shape index (κ3) is 8.60. The first-order valence-electron chi connectivity index (χ1n) is 18.7. The molecule has 2 heterocycles. The van der Waals surface area contributed by atoms with Gasteiger partial charge in [0.05, 0.1) is 19.6 Å². The van der Waals surface area contributed by atoms with Gasteiger partial charge in [0.15, 0.2) is 5.71 Å². The van der Waals surface area contributed by atoms with Crippen LogP contribution in [0.5, 0.6) is 0 Å². The second-order valence-electron chi connectivity index (χ2n) is 15.0. The monoisotopic (exact) mass is 711 g/mol. The van der Waals surface area contributed by atoms with Crippen molar-refractivity contribution in [3.8, 4) is 0 Å². The molecule has 0 bridgehead atoms. The van der Waals surface area contributed by atoms with Gasteiger partial charge in [0.25, 0.3) is 0 Å². The van der Waals surface area contributed by atoms with E-state index in [2.05, 4.69) is 110 Å². The molecule has 5 rings (SSSR count). The minimum atomic E-state index is -0.143. The largest absolute Gasteiger partial charge is 0.469 e. The summed E-state index contributed by atoms with van der Waals surface area (Å²) in [5, 5.41) is 0.861. The number of carbonyl (C=O) groups excluding carboxylic acids is 2. The summed E-state index contributed by atoms with van der Waals surface area (Å²) in [4.78, 5) is 25.7. The SMILES string of the molecule is COC(=O)CCCCCN1C(=CC=C2CCCC(C=CC3=[N+](CCCCCC(=O)OC)c4ccccc4C3(C)C)=C2Cl)C(C)(C)c2ccccc21. The zero-order chi connectivity index (χ0) is 36.6. The zero-order valence-corrected chi connectivity index (χ0v) is 32.3. The van der Waals surface area contributed by atoms with E-state index in [1.807, 2.05) is 0 Å². The minimum Gasteiger partial charge on any atom is -0.469 e. The van der Waals surface area contributed by atoms with Crippen LogP contribution in [-0.2, 0) is 29.9 Å². The maximum Gasteiger partial charge on any atom is 0.305 e. The number of hydrogen-bond donors (Lipinski definition) is 0. The van der Waals surface area contributed by atoms with Gasteiger partial charge < -0.3 is 14.4 Å². The second kappa shape index (κ2) is 17.1. The van der Waals surface area contributed by atoms with Crippen molar-refractivity contribution in [3.05, 3.63) is 106 Å². The molecule has 51 heavy (non-hydrogen) atoms. The number of nitrogens with zero attached hydrogens (tertiary/aromatic N) is 2. The Bertz CT molecular complexity index is 1760. The second-order valence-corrected chi connectivity index (χ2v) is 15.4. The molecule has 3 aliphatic rings. The smallest absolute Gasteiger partial charge is 0.305 e. The average molecular weight is 712 g/mol. The summed E-state index contributed by atoms with van der Waals surface area (Å²) in [5.41, 5.74) is 9.83. The number of hydrogen-bond acceptors (Lipinski definition) is 5. The van der Waals surface area contributed by atoms with Gasteiger partial charge in [-0.05, 0) is 87.6 Å². The highest BCUT2D eigenvalue weighted by Crippen LogP contribution is 2.48. The Morgan fingerprint density at radius 2 is 1.43 bits per heavy atom.